The number of aliphatic hydroxyl groups is 1. The molecule has 1 aliphatic rings. The molecule has 1 aliphatic heterocycles. The topological polar surface area (TPSA) is 99.1 Å². The van der Waals surface area contributed by atoms with Gasteiger partial charge in [-0.2, -0.15) is 0 Å². The van der Waals surface area contributed by atoms with Crippen LogP contribution >= 0.6 is 0 Å². The Morgan fingerprint density at radius 1 is 1.33 bits per heavy atom. The lowest BCUT2D eigenvalue weighted by atomic mass is 10.0. The molecule has 1 aromatic carbocycles. The second-order valence-electron chi connectivity index (χ2n) is 4.86. The Bertz CT molecular complexity index is 493. The van der Waals surface area contributed by atoms with Crippen LogP contribution in [0, 0.1) is 0 Å². The molecule has 0 radical (unpaired) electrons. The van der Waals surface area contributed by atoms with Crippen LogP contribution in [-0.2, 0) is 4.79 Å². The normalized spacial score (nSPS) is 21.7. The number of carboxylic acid groups (broad SMARTS) is 1. The Morgan fingerprint density at radius 3 is 2.67 bits per heavy atom. The SMILES string of the molecule is O=C(COc1ccccc1)NC1CCN(C(=O)O)CC1O. The van der Waals surface area contributed by atoms with Crippen LogP contribution in [0.25, 0.3) is 0 Å². The molecule has 2 rings (SSSR count). The number of rotatable bonds is 4. The second kappa shape index (κ2) is 6.94. The number of piperidine rings is 1. The van der Waals surface area contributed by atoms with E-state index >= 15 is 0 Å². The maximum Gasteiger partial charge on any atom is 0.407 e. The molecule has 2 amide bonds. The van der Waals surface area contributed by atoms with E-state index in [1.165, 1.54) is 0 Å². The van der Waals surface area contributed by atoms with Crippen LogP contribution in [0.1, 0.15) is 6.42 Å². The Balaban J connectivity index is 1.77. The van der Waals surface area contributed by atoms with E-state index in [0.717, 1.165) is 4.90 Å². The zero-order valence-electron chi connectivity index (χ0n) is 11.4. The van der Waals surface area contributed by atoms with Crippen LogP contribution in [0.5, 0.6) is 5.75 Å². The van der Waals surface area contributed by atoms with E-state index in [4.69, 9.17) is 9.84 Å². The minimum atomic E-state index is -1.06. The number of nitrogens with one attached hydrogen (secondary N) is 1. The molecule has 2 unspecified atom stereocenters. The number of hydrogen-bond acceptors (Lipinski definition) is 4. The van der Waals surface area contributed by atoms with Gasteiger partial charge in [0.2, 0.25) is 0 Å². The van der Waals surface area contributed by atoms with E-state index < -0.39 is 18.2 Å². The minimum Gasteiger partial charge on any atom is -0.484 e. The summed E-state index contributed by atoms with van der Waals surface area (Å²) in [6, 6.07) is 8.49. The molecule has 21 heavy (non-hydrogen) atoms. The number of ether oxygens (including phenoxy) is 1. The third-order valence-corrected chi connectivity index (χ3v) is 3.31. The maximum atomic E-state index is 11.8. The summed E-state index contributed by atoms with van der Waals surface area (Å²) in [6.07, 6.45) is -1.59. The summed E-state index contributed by atoms with van der Waals surface area (Å²) < 4.78 is 5.31. The van der Waals surface area contributed by atoms with Crippen molar-refractivity contribution in [3.8, 4) is 5.75 Å². The smallest absolute Gasteiger partial charge is 0.407 e. The van der Waals surface area contributed by atoms with Crippen molar-refractivity contribution in [2.24, 2.45) is 0 Å². The Kier molecular flexibility index (Phi) is 4.99. The van der Waals surface area contributed by atoms with Crippen molar-refractivity contribution in [3.05, 3.63) is 30.3 Å². The van der Waals surface area contributed by atoms with Crippen molar-refractivity contribution in [1.29, 1.82) is 0 Å². The van der Waals surface area contributed by atoms with Crippen LogP contribution < -0.4 is 10.1 Å². The van der Waals surface area contributed by atoms with Gasteiger partial charge in [0.15, 0.2) is 6.61 Å². The van der Waals surface area contributed by atoms with Crippen LogP contribution in [0.3, 0.4) is 0 Å². The number of nitrogens with zero attached hydrogens (tertiary/aromatic N) is 1. The average molecular weight is 294 g/mol. The predicted molar refractivity (Wildman–Crippen MR) is 74.1 cm³/mol. The molecule has 114 valence electrons. The van der Waals surface area contributed by atoms with Crippen molar-refractivity contribution in [1.82, 2.24) is 10.2 Å². The van der Waals surface area contributed by atoms with Gasteiger partial charge in [0.05, 0.1) is 18.7 Å². The summed E-state index contributed by atoms with van der Waals surface area (Å²) in [5.74, 6) is 0.251. The summed E-state index contributed by atoms with van der Waals surface area (Å²) in [4.78, 5) is 23.7. The quantitative estimate of drug-likeness (QED) is 0.741. The van der Waals surface area contributed by atoms with Gasteiger partial charge in [0.1, 0.15) is 5.75 Å². The highest BCUT2D eigenvalue weighted by atomic mass is 16.5. The van der Waals surface area contributed by atoms with Gasteiger partial charge in [-0.05, 0) is 18.6 Å². The molecule has 0 aliphatic carbocycles. The van der Waals surface area contributed by atoms with Crippen LogP contribution in [0.4, 0.5) is 4.79 Å². The van der Waals surface area contributed by atoms with Gasteiger partial charge in [-0.25, -0.2) is 4.79 Å². The van der Waals surface area contributed by atoms with Crippen molar-refractivity contribution in [2.45, 2.75) is 18.6 Å². The zero-order chi connectivity index (χ0) is 15.2. The number of likely N-dealkylation sites (tertiary alicyclic amines) is 1. The third-order valence-electron chi connectivity index (χ3n) is 3.31. The molecule has 0 spiro atoms. The monoisotopic (exact) mass is 294 g/mol. The number of benzene rings is 1. The molecule has 1 fully saturated rings. The first kappa shape index (κ1) is 15.1. The van der Waals surface area contributed by atoms with Gasteiger partial charge >= 0.3 is 6.09 Å². The van der Waals surface area contributed by atoms with Crippen molar-refractivity contribution >= 4 is 12.0 Å². The standard InChI is InChI=1S/C14H18N2O5/c17-12-8-16(14(19)20)7-6-11(12)15-13(18)9-21-10-4-2-1-3-5-10/h1-5,11-12,17H,6-9H2,(H,15,18)(H,19,20). The fraction of sp³-hybridized carbons (Fsp3) is 0.429. The van der Waals surface area contributed by atoms with Gasteiger partial charge in [-0.3, -0.25) is 4.79 Å². The van der Waals surface area contributed by atoms with Gasteiger partial charge in [0, 0.05) is 6.54 Å². The second-order valence-corrected chi connectivity index (χ2v) is 4.86. The summed E-state index contributed by atoms with van der Waals surface area (Å²) in [7, 11) is 0. The summed E-state index contributed by atoms with van der Waals surface area (Å²) >= 11 is 0. The predicted octanol–water partition coefficient (Wildman–Crippen LogP) is 0.295. The van der Waals surface area contributed by atoms with E-state index in [1.807, 2.05) is 6.07 Å². The largest absolute Gasteiger partial charge is 0.484 e. The summed E-state index contributed by atoms with van der Waals surface area (Å²) in [5.41, 5.74) is 0. The van der Waals surface area contributed by atoms with Gasteiger partial charge in [-0.1, -0.05) is 18.2 Å². The molecule has 2 atom stereocenters. The fourth-order valence-corrected chi connectivity index (χ4v) is 2.19. The maximum absolute atomic E-state index is 11.8. The third kappa shape index (κ3) is 4.35. The van der Waals surface area contributed by atoms with E-state index in [1.54, 1.807) is 24.3 Å². The molecule has 3 N–H and O–H groups in total. The molecular weight excluding hydrogens is 276 g/mol. The number of carbonyl (C=O) groups is 2. The molecule has 1 saturated heterocycles. The van der Waals surface area contributed by atoms with Gasteiger partial charge < -0.3 is 25.2 Å². The van der Waals surface area contributed by atoms with Crippen molar-refractivity contribution < 1.29 is 24.5 Å². The number of aliphatic hydroxyl groups excluding tert-OH is 1. The molecule has 1 aromatic rings. The van der Waals surface area contributed by atoms with Crippen LogP contribution in [0.2, 0.25) is 0 Å². The molecule has 7 nitrogen and oxygen atoms in total. The summed E-state index contributed by atoms with van der Waals surface area (Å²) in [6.45, 7) is 0.145. The molecule has 1 heterocycles. The fourth-order valence-electron chi connectivity index (χ4n) is 2.19. The van der Waals surface area contributed by atoms with Crippen molar-refractivity contribution in [2.75, 3.05) is 19.7 Å². The molecule has 7 heteroatoms. The Hall–Kier alpha value is -2.28. The van der Waals surface area contributed by atoms with E-state index in [9.17, 15) is 14.7 Å². The lowest BCUT2D eigenvalue weighted by molar-refractivity contribution is -0.125. The molecular formula is C14H18N2O5. The van der Waals surface area contributed by atoms with Crippen LogP contribution in [-0.4, -0.2) is 59.0 Å². The highest BCUT2D eigenvalue weighted by Gasteiger charge is 2.30. The Labute approximate surface area is 122 Å². The lowest BCUT2D eigenvalue weighted by Crippen LogP contribution is -2.55. The molecule has 0 saturated carbocycles. The van der Waals surface area contributed by atoms with E-state index in [-0.39, 0.29) is 25.6 Å². The molecule has 0 aromatic heterocycles. The Morgan fingerprint density at radius 2 is 2.05 bits per heavy atom. The van der Waals surface area contributed by atoms with Crippen molar-refractivity contribution in [3.63, 3.8) is 0 Å². The number of hydrogen-bond donors (Lipinski definition) is 3. The number of β-amino-alcohol motifs (C(OH)–C–C–N with tert-alkyl or cyclic N) is 1. The first-order valence-electron chi connectivity index (χ1n) is 6.69. The highest BCUT2D eigenvalue weighted by molar-refractivity contribution is 5.78. The van der Waals surface area contributed by atoms with Gasteiger partial charge in [-0.15, -0.1) is 0 Å². The highest BCUT2D eigenvalue weighted by Crippen LogP contribution is 2.12. The summed E-state index contributed by atoms with van der Waals surface area (Å²) in [5, 5.41) is 21.4. The number of amides is 2. The lowest BCUT2D eigenvalue weighted by Gasteiger charge is -2.34. The first-order valence-corrected chi connectivity index (χ1v) is 6.69. The minimum absolute atomic E-state index is 0.000176. The average Bonchev–Trinajstić information content (AvgIpc) is 2.48. The first-order chi connectivity index (χ1) is 10.1. The zero-order valence-corrected chi connectivity index (χ0v) is 11.4. The number of carbonyl (C=O) groups excluding carboxylic acids is 1. The van der Waals surface area contributed by atoms with Crippen LogP contribution in [0.15, 0.2) is 30.3 Å². The van der Waals surface area contributed by atoms with E-state index in [2.05, 4.69) is 5.32 Å². The number of para-hydroxylation sites is 1. The van der Waals surface area contributed by atoms with Gasteiger partial charge in [0.25, 0.3) is 5.91 Å². The molecule has 0 bridgehead atoms. The van der Waals surface area contributed by atoms with E-state index in [0.29, 0.717) is 12.2 Å².